The first-order valence-corrected chi connectivity index (χ1v) is 10.4. The first kappa shape index (κ1) is 23.6. The number of hydrogen-bond acceptors (Lipinski definition) is 3. The zero-order valence-electron chi connectivity index (χ0n) is 17.3. The summed E-state index contributed by atoms with van der Waals surface area (Å²) in [5, 5.41) is 3.52. The van der Waals surface area contributed by atoms with Crippen LogP contribution in [0.2, 0.25) is 10.0 Å². The summed E-state index contributed by atoms with van der Waals surface area (Å²) in [6, 6.07) is 9.60. The number of carbonyl (C=O) groups is 2. The van der Waals surface area contributed by atoms with Gasteiger partial charge in [-0.05, 0) is 47.9 Å². The molecule has 0 aliphatic heterocycles. The van der Waals surface area contributed by atoms with Crippen LogP contribution in [0, 0.1) is 11.6 Å². The highest BCUT2D eigenvalue weighted by Gasteiger charge is 2.19. The lowest BCUT2D eigenvalue weighted by atomic mass is 10.1. The molecular formula is C23H19Cl2F2N3O2. The predicted molar refractivity (Wildman–Crippen MR) is 122 cm³/mol. The van der Waals surface area contributed by atoms with Gasteiger partial charge in [0.05, 0.1) is 12.1 Å². The molecule has 1 N–H and O–H groups in total. The maximum absolute atomic E-state index is 13.7. The minimum atomic E-state index is -1.10. The fourth-order valence-corrected chi connectivity index (χ4v) is 3.78. The number of benzene rings is 2. The van der Waals surface area contributed by atoms with Gasteiger partial charge in [0, 0.05) is 41.0 Å². The monoisotopic (exact) mass is 477 g/mol. The van der Waals surface area contributed by atoms with Crippen LogP contribution in [0.5, 0.6) is 0 Å². The SMILES string of the molecule is CCc1cc(Cl)c(CC(=O)Nc2ccnc(N(C(C)=O)c3ccc(F)c(F)c3)c2)c(Cl)c1. The summed E-state index contributed by atoms with van der Waals surface area (Å²) in [6.07, 6.45) is 2.09. The minimum Gasteiger partial charge on any atom is -0.326 e. The number of aryl methyl sites for hydroxylation is 1. The van der Waals surface area contributed by atoms with Crippen molar-refractivity contribution in [2.75, 3.05) is 10.2 Å². The van der Waals surface area contributed by atoms with Crippen LogP contribution in [-0.2, 0) is 22.4 Å². The molecule has 166 valence electrons. The van der Waals surface area contributed by atoms with Crippen LogP contribution < -0.4 is 10.2 Å². The molecule has 1 heterocycles. The van der Waals surface area contributed by atoms with Crippen molar-refractivity contribution in [1.29, 1.82) is 0 Å². The van der Waals surface area contributed by atoms with E-state index < -0.39 is 17.5 Å². The van der Waals surface area contributed by atoms with Gasteiger partial charge >= 0.3 is 0 Å². The molecule has 0 aliphatic carbocycles. The third kappa shape index (κ3) is 5.41. The largest absolute Gasteiger partial charge is 0.326 e. The Kier molecular flexibility index (Phi) is 7.43. The van der Waals surface area contributed by atoms with E-state index in [9.17, 15) is 18.4 Å². The molecule has 0 bridgehead atoms. The Morgan fingerprint density at radius 2 is 1.72 bits per heavy atom. The molecule has 3 rings (SSSR count). The number of hydrogen-bond donors (Lipinski definition) is 1. The summed E-state index contributed by atoms with van der Waals surface area (Å²) in [5.41, 5.74) is 1.92. The standard InChI is InChI=1S/C23H19Cl2F2N3O2/c1-3-14-8-18(24)17(19(25)9-14)12-23(32)29-15-6-7-28-22(10-15)30(13(2)31)16-4-5-20(26)21(27)11-16/h4-11H,3,12H2,1-2H3,(H,28,29,32). The molecule has 1 aromatic heterocycles. The third-order valence-electron chi connectivity index (χ3n) is 4.68. The molecule has 32 heavy (non-hydrogen) atoms. The Morgan fingerprint density at radius 3 is 2.31 bits per heavy atom. The van der Waals surface area contributed by atoms with Gasteiger partial charge in [-0.3, -0.25) is 14.5 Å². The van der Waals surface area contributed by atoms with Crippen LogP contribution in [0.15, 0.2) is 48.7 Å². The van der Waals surface area contributed by atoms with Crippen molar-refractivity contribution >= 4 is 52.2 Å². The Morgan fingerprint density at radius 1 is 1.03 bits per heavy atom. The molecule has 2 amide bonds. The van der Waals surface area contributed by atoms with Crippen molar-refractivity contribution in [3.05, 3.63) is 81.5 Å². The molecule has 3 aromatic rings. The van der Waals surface area contributed by atoms with Gasteiger partial charge in [-0.1, -0.05) is 30.1 Å². The molecule has 0 aliphatic rings. The fourth-order valence-electron chi connectivity index (χ4n) is 3.11. The van der Waals surface area contributed by atoms with Crippen LogP contribution >= 0.6 is 23.2 Å². The number of aromatic nitrogens is 1. The molecule has 0 spiro atoms. The fraction of sp³-hybridized carbons (Fsp3) is 0.174. The van der Waals surface area contributed by atoms with Crippen molar-refractivity contribution in [1.82, 2.24) is 4.98 Å². The average molecular weight is 478 g/mol. The van der Waals surface area contributed by atoms with E-state index in [1.165, 1.54) is 31.3 Å². The number of carbonyl (C=O) groups excluding carboxylic acids is 2. The number of nitrogens with one attached hydrogen (secondary N) is 1. The van der Waals surface area contributed by atoms with Crippen molar-refractivity contribution < 1.29 is 18.4 Å². The van der Waals surface area contributed by atoms with Crippen molar-refractivity contribution in [2.24, 2.45) is 0 Å². The van der Waals surface area contributed by atoms with Crippen LogP contribution in [0.4, 0.5) is 26.0 Å². The second-order valence-electron chi connectivity index (χ2n) is 6.97. The molecule has 0 saturated heterocycles. The average Bonchev–Trinajstić information content (AvgIpc) is 2.73. The maximum atomic E-state index is 13.7. The number of nitrogens with zero attached hydrogens (tertiary/aromatic N) is 2. The van der Waals surface area contributed by atoms with Gasteiger partial charge < -0.3 is 5.32 Å². The lowest BCUT2D eigenvalue weighted by Crippen LogP contribution is -2.24. The number of halogens is 4. The summed E-state index contributed by atoms with van der Waals surface area (Å²) >= 11 is 12.6. The quantitative estimate of drug-likeness (QED) is 0.466. The summed E-state index contributed by atoms with van der Waals surface area (Å²) in [7, 11) is 0. The highest BCUT2D eigenvalue weighted by molar-refractivity contribution is 6.36. The number of pyridine rings is 1. The summed E-state index contributed by atoms with van der Waals surface area (Å²) in [6.45, 7) is 3.23. The molecule has 0 unspecified atom stereocenters. The van der Waals surface area contributed by atoms with Gasteiger partial charge in [0.2, 0.25) is 11.8 Å². The molecule has 0 saturated carbocycles. The minimum absolute atomic E-state index is 0.0566. The lowest BCUT2D eigenvalue weighted by Gasteiger charge is -2.21. The zero-order valence-corrected chi connectivity index (χ0v) is 18.8. The van der Waals surface area contributed by atoms with Crippen molar-refractivity contribution in [3.8, 4) is 0 Å². The second-order valence-corrected chi connectivity index (χ2v) is 7.79. The number of anilines is 3. The first-order valence-electron chi connectivity index (χ1n) is 9.68. The Balaban J connectivity index is 1.83. The van der Waals surface area contributed by atoms with Gasteiger partial charge in [-0.15, -0.1) is 0 Å². The topological polar surface area (TPSA) is 62.3 Å². The first-order chi connectivity index (χ1) is 15.2. The van der Waals surface area contributed by atoms with E-state index in [0.717, 1.165) is 29.0 Å². The second kappa shape index (κ2) is 10.1. The molecule has 5 nitrogen and oxygen atoms in total. The molecular weight excluding hydrogens is 459 g/mol. The van der Waals surface area contributed by atoms with Gasteiger partial charge in [0.15, 0.2) is 11.6 Å². The van der Waals surface area contributed by atoms with Crippen LogP contribution in [0.25, 0.3) is 0 Å². The van der Waals surface area contributed by atoms with Gasteiger partial charge in [-0.2, -0.15) is 0 Å². The highest BCUT2D eigenvalue weighted by Crippen LogP contribution is 2.29. The Bertz CT molecular complexity index is 1160. The van der Waals surface area contributed by atoms with E-state index in [1.54, 1.807) is 12.1 Å². The Hall–Kier alpha value is -3.03. The lowest BCUT2D eigenvalue weighted by molar-refractivity contribution is -0.116. The van der Waals surface area contributed by atoms with Crippen LogP contribution in [0.1, 0.15) is 25.0 Å². The summed E-state index contributed by atoms with van der Waals surface area (Å²) < 4.78 is 27.0. The third-order valence-corrected chi connectivity index (χ3v) is 5.36. The molecule has 0 atom stereocenters. The normalized spacial score (nSPS) is 10.7. The van der Waals surface area contributed by atoms with E-state index in [-0.39, 0.29) is 23.8 Å². The molecule has 9 heteroatoms. The van der Waals surface area contributed by atoms with Gasteiger partial charge in [-0.25, -0.2) is 13.8 Å². The van der Waals surface area contributed by atoms with Gasteiger partial charge in [0.25, 0.3) is 0 Å². The van der Waals surface area contributed by atoms with E-state index in [4.69, 9.17) is 23.2 Å². The number of amides is 2. The Labute approximate surface area is 194 Å². The maximum Gasteiger partial charge on any atom is 0.229 e. The van der Waals surface area contributed by atoms with Crippen LogP contribution in [-0.4, -0.2) is 16.8 Å². The van der Waals surface area contributed by atoms with Crippen molar-refractivity contribution in [3.63, 3.8) is 0 Å². The van der Waals surface area contributed by atoms with Crippen LogP contribution in [0.3, 0.4) is 0 Å². The highest BCUT2D eigenvalue weighted by atomic mass is 35.5. The van der Waals surface area contributed by atoms with Gasteiger partial charge in [0.1, 0.15) is 5.82 Å². The van der Waals surface area contributed by atoms with E-state index >= 15 is 0 Å². The summed E-state index contributed by atoms with van der Waals surface area (Å²) in [5.74, 6) is -2.85. The zero-order chi connectivity index (χ0) is 23.4. The van der Waals surface area contributed by atoms with Crippen molar-refractivity contribution in [2.45, 2.75) is 26.7 Å². The number of rotatable bonds is 6. The molecule has 0 radical (unpaired) electrons. The van der Waals surface area contributed by atoms with E-state index in [0.29, 0.717) is 21.3 Å². The predicted octanol–water partition coefficient (Wildman–Crippen LogP) is 6.09. The molecule has 2 aromatic carbocycles. The smallest absolute Gasteiger partial charge is 0.229 e. The summed E-state index contributed by atoms with van der Waals surface area (Å²) in [4.78, 5) is 30.0. The van der Waals surface area contributed by atoms with E-state index in [2.05, 4.69) is 10.3 Å². The molecule has 0 fully saturated rings. The van der Waals surface area contributed by atoms with E-state index in [1.807, 2.05) is 6.92 Å².